The second-order valence-electron chi connectivity index (χ2n) is 4.62. The van der Waals surface area contributed by atoms with E-state index in [0.29, 0.717) is 30.5 Å². The Morgan fingerprint density at radius 2 is 2.21 bits per heavy atom. The van der Waals surface area contributed by atoms with E-state index in [2.05, 4.69) is 0 Å². The van der Waals surface area contributed by atoms with Crippen LogP contribution in [0, 0.1) is 17.2 Å². The number of aliphatic carboxylic acids is 1. The van der Waals surface area contributed by atoms with Gasteiger partial charge >= 0.3 is 5.97 Å². The SMILES string of the molecule is N#Cc1cccc(C(=O)N2CCC[C@H](C(=O)O)C2)c1. The summed E-state index contributed by atoms with van der Waals surface area (Å²) in [6.07, 6.45) is 1.30. The molecule has 0 unspecified atom stereocenters. The molecule has 1 fully saturated rings. The molecule has 0 aromatic heterocycles. The lowest BCUT2D eigenvalue weighted by Crippen LogP contribution is -2.42. The molecule has 98 valence electrons. The molecule has 0 radical (unpaired) electrons. The number of carbonyl (C=O) groups excluding carboxylic acids is 1. The average Bonchev–Trinajstić information content (AvgIpc) is 2.46. The summed E-state index contributed by atoms with van der Waals surface area (Å²) in [7, 11) is 0. The van der Waals surface area contributed by atoms with Crippen LogP contribution in [0.2, 0.25) is 0 Å². The highest BCUT2D eigenvalue weighted by molar-refractivity contribution is 5.94. The fraction of sp³-hybridized carbons (Fsp3) is 0.357. The maximum Gasteiger partial charge on any atom is 0.308 e. The third kappa shape index (κ3) is 2.91. The van der Waals surface area contributed by atoms with Crippen LogP contribution in [0.3, 0.4) is 0 Å². The zero-order chi connectivity index (χ0) is 13.8. The van der Waals surface area contributed by atoms with Crippen molar-refractivity contribution in [3.8, 4) is 6.07 Å². The van der Waals surface area contributed by atoms with Gasteiger partial charge in [0.1, 0.15) is 0 Å². The molecule has 1 amide bonds. The van der Waals surface area contributed by atoms with Gasteiger partial charge in [0.25, 0.3) is 5.91 Å². The van der Waals surface area contributed by atoms with Crippen molar-refractivity contribution in [1.29, 1.82) is 5.26 Å². The van der Waals surface area contributed by atoms with Crippen LogP contribution in [0.4, 0.5) is 0 Å². The highest BCUT2D eigenvalue weighted by Gasteiger charge is 2.28. The van der Waals surface area contributed by atoms with E-state index < -0.39 is 11.9 Å². The Morgan fingerprint density at radius 1 is 1.42 bits per heavy atom. The van der Waals surface area contributed by atoms with Gasteiger partial charge in [-0.2, -0.15) is 5.26 Å². The van der Waals surface area contributed by atoms with Crippen molar-refractivity contribution in [2.45, 2.75) is 12.8 Å². The summed E-state index contributed by atoms with van der Waals surface area (Å²) < 4.78 is 0. The lowest BCUT2D eigenvalue weighted by Gasteiger charge is -2.30. The Kier molecular flexibility index (Phi) is 3.81. The number of carboxylic acids is 1. The minimum absolute atomic E-state index is 0.206. The van der Waals surface area contributed by atoms with Crippen LogP contribution < -0.4 is 0 Å². The number of piperidine rings is 1. The molecule has 5 heteroatoms. The summed E-state index contributed by atoms with van der Waals surface area (Å²) in [6, 6.07) is 8.46. The van der Waals surface area contributed by atoms with Gasteiger partial charge in [-0.25, -0.2) is 0 Å². The maximum atomic E-state index is 12.3. The number of benzene rings is 1. The monoisotopic (exact) mass is 258 g/mol. The van der Waals surface area contributed by atoms with E-state index in [1.807, 2.05) is 6.07 Å². The van der Waals surface area contributed by atoms with Gasteiger partial charge in [0, 0.05) is 18.7 Å². The van der Waals surface area contributed by atoms with Gasteiger partial charge in [-0.05, 0) is 31.0 Å². The van der Waals surface area contributed by atoms with E-state index in [-0.39, 0.29) is 12.5 Å². The number of amides is 1. The largest absolute Gasteiger partial charge is 0.481 e. The molecule has 1 aliphatic rings. The lowest BCUT2D eigenvalue weighted by molar-refractivity contribution is -0.143. The predicted molar refractivity (Wildman–Crippen MR) is 67.4 cm³/mol. The molecule has 1 saturated heterocycles. The van der Waals surface area contributed by atoms with Crippen LogP contribution >= 0.6 is 0 Å². The first kappa shape index (κ1) is 13.1. The fourth-order valence-corrected chi connectivity index (χ4v) is 2.27. The normalized spacial score (nSPS) is 18.7. The van der Waals surface area contributed by atoms with E-state index in [9.17, 15) is 9.59 Å². The van der Waals surface area contributed by atoms with E-state index in [4.69, 9.17) is 10.4 Å². The number of nitrogens with zero attached hydrogens (tertiary/aromatic N) is 2. The number of carboxylic acid groups (broad SMARTS) is 1. The predicted octanol–water partition coefficient (Wildman–Crippen LogP) is 1.50. The molecule has 1 aliphatic heterocycles. The molecule has 1 N–H and O–H groups in total. The molecular formula is C14H14N2O3. The maximum absolute atomic E-state index is 12.3. The summed E-state index contributed by atoms with van der Waals surface area (Å²) in [6.45, 7) is 0.810. The Morgan fingerprint density at radius 3 is 2.89 bits per heavy atom. The molecule has 1 aromatic carbocycles. The summed E-state index contributed by atoms with van der Waals surface area (Å²) in [4.78, 5) is 24.8. The topological polar surface area (TPSA) is 81.4 Å². The van der Waals surface area contributed by atoms with E-state index in [1.54, 1.807) is 23.1 Å². The molecule has 0 aliphatic carbocycles. The van der Waals surface area contributed by atoms with Crippen molar-refractivity contribution in [2.75, 3.05) is 13.1 Å². The molecule has 0 saturated carbocycles. The van der Waals surface area contributed by atoms with E-state index in [0.717, 1.165) is 0 Å². The first-order valence-electron chi connectivity index (χ1n) is 6.14. The van der Waals surface area contributed by atoms with E-state index >= 15 is 0 Å². The van der Waals surface area contributed by atoms with Crippen molar-refractivity contribution in [1.82, 2.24) is 4.90 Å². The number of nitriles is 1. The summed E-state index contributed by atoms with van der Waals surface area (Å²) >= 11 is 0. The molecule has 2 rings (SSSR count). The Balaban J connectivity index is 2.15. The molecule has 0 bridgehead atoms. The van der Waals surface area contributed by atoms with Crippen molar-refractivity contribution < 1.29 is 14.7 Å². The number of hydrogen-bond donors (Lipinski definition) is 1. The second kappa shape index (κ2) is 5.53. The fourth-order valence-electron chi connectivity index (χ4n) is 2.27. The zero-order valence-corrected chi connectivity index (χ0v) is 10.4. The molecule has 5 nitrogen and oxygen atoms in total. The number of carbonyl (C=O) groups is 2. The molecule has 0 spiro atoms. The molecule has 1 heterocycles. The van der Waals surface area contributed by atoms with Gasteiger partial charge in [0.15, 0.2) is 0 Å². The number of hydrogen-bond acceptors (Lipinski definition) is 3. The van der Waals surface area contributed by atoms with Crippen LogP contribution in [-0.2, 0) is 4.79 Å². The van der Waals surface area contributed by atoms with Gasteiger partial charge in [-0.15, -0.1) is 0 Å². The summed E-state index contributed by atoms with van der Waals surface area (Å²) in [5, 5.41) is 17.8. The summed E-state index contributed by atoms with van der Waals surface area (Å²) in [5.74, 6) is -1.55. The lowest BCUT2D eigenvalue weighted by atomic mass is 9.97. The van der Waals surface area contributed by atoms with Crippen LogP contribution in [0.1, 0.15) is 28.8 Å². The van der Waals surface area contributed by atoms with Crippen molar-refractivity contribution in [3.63, 3.8) is 0 Å². The quantitative estimate of drug-likeness (QED) is 0.871. The standard InChI is InChI=1S/C14H14N2O3/c15-8-10-3-1-4-11(7-10)13(17)16-6-2-5-12(9-16)14(18)19/h1,3-4,7,12H,2,5-6,9H2,(H,18,19)/t12-/m0/s1. The minimum Gasteiger partial charge on any atom is -0.481 e. The van der Waals surface area contributed by atoms with Crippen LogP contribution in [0.25, 0.3) is 0 Å². The van der Waals surface area contributed by atoms with E-state index in [1.165, 1.54) is 6.07 Å². The number of rotatable bonds is 2. The van der Waals surface area contributed by atoms with Gasteiger partial charge < -0.3 is 10.0 Å². The number of likely N-dealkylation sites (tertiary alicyclic amines) is 1. The third-order valence-corrected chi connectivity index (χ3v) is 3.30. The van der Waals surface area contributed by atoms with Crippen LogP contribution in [-0.4, -0.2) is 35.0 Å². The molecule has 1 aromatic rings. The second-order valence-corrected chi connectivity index (χ2v) is 4.62. The first-order chi connectivity index (χ1) is 9.11. The smallest absolute Gasteiger partial charge is 0.308 e. The van der Waals surface area contributed by atoms with Gasteiger partial charge in [-0.3, -0.25) is 9.59 Å². The van der Waals surface area contributed by atoms with Gasteiger partial charge in [-0.1, -0.05) is 6.07 Å². The van der Waals surface area contributed by atoms with Crippen molar-refractivity contribution >= 4 is 11.9 Å². The third-order valence-electron chi connectivity index (χ3n) is 3.30. The minimum atomic E-state index is -0.858. The van der Waals surface area contributed by atoms with Crippen molar-refractivity contribution in [2.24, 2.45) is 5.92 Å². The Labute approximate surface area is 111 Å². The Hall–Kier alpha value is -2.35. The molecule has 1 atom stereocenters. The van der Waals surface area contributed by atoms with Crippen LogP contribution in [0.5, 0.6) is 0 Å². The molecular weight excluding hydrogens is 244 g/mol. The Bertz CT molecular complexity index is 548. The molecule has 19 heavy (non-hydrogen) atoms. The summed E-state index contributed by atoms with van der Waals surface area (Å²) in [5.41, 5.74) is 0.864. The highest BCUT2D eigenvalue weighted by atomic mass is 16.4. The van der Waals surface area contributed by atoms with Crippen molar-refractivity contribution in [3.05, 3.63) is 35.4 Å². The zero-order valence-electron chi connectivity index (χ0n) is 10.4. The van der Waals surface area contributed by atoms with Gasteiger partial charge in [0.05, 0.1) is 17.6 Å². The van der Waals surface area contributed by atoms with Gasteiger partial charge in [0.2, 0.25) is 0 Å². The first-order valence-corrected chi connectivity index (χ1v) is 6.14. The highest BCUT2D eigenvalue weighted by Crippen LogP contribution is 2.19. The average molecular weight is 258 g/mol. The van der Waals surface area contributed by atoms with Crippen LogP contribution in [0.15, 0.2) is 24.3 Å².